The second kappa shape index (κ2) is 8.14. The highest BCUT2D eigenvalue weighted by molar-refractivity contribution is 5.79. The van der Waals surface area contributed by atoms with Crippen LogP contribution in [0.5, 0.6) is 5.75 Å². The maximum Gasteiger partial charge on any atom is 0.191 e. The van der Waals surface area contributed by atoms with Crippen molar-refractivity contribution in [1.29, 1.82) is 0 Å². The van der Waals surface area contributed by atoms with Crippen molar-refractivity contribution in [2.24, 2.45) is 4.99 Å². The van der Waals surface area contributed by atoms with Gasteiger partial charge in [-0.25, -0.2) is 0 Å². The number of ether oxygens (including phenoxy) is 1. The SMILES string of the molecule is CN=C(NCCOc1cccc(C)c1)NCc1nnc2ccccn12. The zero-order chi connectivity index (χ0) is 17.5. The molecular formula is C18H22N6O. The van der Waals surface area contributed by atoms with Gasteiger partial charge in [-0.05, 0) is 36.8 Å². The quantitative estimate of drug-likeness (QED) is 0.407. The first-order valence-corrected chi connectivity index (χ1v) is 8.19. The lowest BCUT2D eigenvalue weighted by Gasteiger charge is -2.12. The number of guanidine groups is 1. The number of hydrogen-bond donors (Lipinski definition) is 2. The molecule has 0 amide bonds. The predicted molar refractivity (Wildman–Crippen MR) is 97.9 cm³/mol. The maximum atomic E-state index is 5.72. The van der Waals surface area contributed by atoms with Crippen LogP contribution in [0, 0.1) is 6.92 Å². The number of hydrogen-bond acceptors (Lipinski definition) is 4. The molecule has 1 aromatic carbocycles. The number of aryl methyl sites for hydroxylation is 1. The van der Waals surface area contributed by atoms with E-state index in [2.05, 4.69) is 25.8 Å². The molecular weight excluding hydrogens is 316 g/mol. The highest BCUT2D eigenvalue weighted by Crippen LogP contribution is 2.11. The molecule has 0 aliphatic heterocycles. The van der Waals surface area contributed by atoms with Gasteiger partial charge < -0.3 is 15.4 Å². The van der Waals surface area contributed by atoms with E-state index >= 15 is 0 Å². The van der Waals surface area contributed by atoms with Gasteiger partial charge in [0.15, 0.2) is 17.4 Å². The van der Waals surface area contributed by atoms with E-state index in [-0.39, 0.29) is 0 Å². The second-order valence-electron chi connectivity index (χ2n) is 5.56. The zero-order valence-electron chi connectivity index (χ0n) is 14.4. The molecule has 0 saturated carbocycles. The molecule has 0 spiro atoms. The van der Waals surface area contributed by atoms with Crippen molar-refractivity contribution >= 4 is 11.6 Å². The van der Waals surface area contributed by atoms with Crippen LogP contribution >= 0.6 is 0 Å². The van der Waals surface area contributed by atoms with E-state index in [0.717, 1.165) is 17.2 Å². The monoisotopic (exact) mass is 338 g/mol. The van der Waals surface area contributed by atoms with E-state index < -0.39 is 0 Å². The van der Waals surface area contributed by atoms with Gasteiger partial charge in [0.25, 0.3) is 0 Å². The fourth-order valence-corrected chi connectivity index (χ4v) is 2.44. The lowest BCUT2D eigenvalue weighted by molar-refractivity contribution is 0.321. The van der Waals surface area contributed by atoms with E-state index in [9.17, 15) is 0 Å². The molecule has 0 radical (unpaired) electrons. The van der Waals surface area contributed by atoms with Crippen LogP contribution in [-0.2, 0) is 6.54 Å². The van der Waals surface area contributed by atoms with Crippen LogP contribution in [0.3, 0.4) is 0 Å². The Bertz CT molecular complexity index is 857. The molecule has 2 aromatic heterocycles. The summed E-state index contributed by atoms with van der Waals surface area (Å²) < 4.78 is 7.66. The third kappa shape index (κ3) is 4.47. The normalized spacial score (nSPS) is 11.5. The van der Waals surface area contributed by atoms with Crippen molar-refractivity contribution < 1.29 is 4.74 Å². The number of nitrogens with zero attached hydrogens (tertiary/aromatic N) is 4. The number of pyridine rings is 1. The maximum absolute atomic E-state index is 5.72. The lowest BCUT2D eigenvalue weighted by atomic mass is 10.2. The Kier molecular flexibility index (Phi) is 5.46. The molecule has 130 valence electrons. The number of nitrogens with one attached hydrogen (secondary N) is 2. The van der Waals surface area contributed by atoms with Crippen molar-refractivity contribution in [3.63, 3.8) is 0 Å². The molecule has 3 aromatic rings. The van der Waals surface area contributed by atoms with Gasteiger partial charge in [-0.2, -0.15) is 0 Å². The van der Waals surface area contributed by atoms with Gasteiger partial charge >= 0.3 is 0 Å². The van der Waals surface area contributed by atoms with Crippen LogP contribution in [0.25, 0.3) is 5.65 Å². The van der Waals surface area contributed by atoms with E-state index in [1.807, 2.05) is 60.0 Å². The molecule has 25 heavy (non-hydrogen) atoms. The van der Waals surface area contributed by atoms with Crippen LogP contribution in [0.15, 0.2) is 53.7 Å². The minimum absolute atomic E-state index is 0.531. The second-order valence-corrected chi connectivity index (χ2v) is 5.56. The van der Waals surface area contributed by atoms with Gasteiger partial charge in [-0.3, -0.25) is 9.39 Å². The highest BCUT2D eigenvalue weighted by Gasteiger charge is 2.05. The average molecular weight is 338 g/mol. The van der Waals surface area contributed by atoms with E-state index in [0.29, 0.717) is 25.7 Å². The van der Waals surface area contributed by atoms with Crippen LogP contribution in [-0.4, -0.2) is 40.8 Å². The first kappa shape index (κ1) is 16.8. The van der Waals surface area contributed by atoms with Gasteiger partial charge in [-0.15, -0.1) is 10.2 Å². The van der Waals surface area contributed by atoms with Crippen molar-refractivity contribution in [2.75, 3.05) is 20.2 Å². The number of fused-ring (bicyclic) bond motifs is 1. The van der Waals surface area contributed by atoms with Gasteiger partial charge in [0.05, 0.1) is 13.1 Å². The molecule has 2 N–H and O–H groups in total. The van der Waals surface area contributed by atoms with Crippen LogP contribution in [0.1, 0.15) is 11.4 Å². The van der Waals surface area contributed by atoms with Gasteiger partial charge in [0.2, 0.25) is 0 Å². The Labute approximate surface area is 146 Å². The molecule has 0 aliphatic rings. The zero-order valence-corrected chi connectivity index (χ0v) is 14.4. The van der Waals surface area contributed by atoms with Crippen molar-refractivity contribution in [3.05, 3.63) is 60.0 Å². The third-order valence-corrected chi connectivity index (χ3v) is 3.67. The summed E-state index contributed by atoms with van der Waals surface area (Å²) in [5.41, 5.74) is 2.01. The first-order valence-electron chi connectivity index (χ1n) is 8.19. The molecule has 2 heterocycles. The summed E-state index contributed by atoms with van der Waals surface area (Å²) in [6.07, 6.45) is 1.94. The Balaban J connectivity index is 1.45. The van der Waals surface area contributed by atoms with Crippen LogP contribution < -0.4 is 15.4 Å². The van der Waals surface area contributed by atoms with Crippen LogP contribution in [0.2, 0.25) is 0 Å². The molecule has 0 saturated heterocycles. The first-order chi connectivity index (χ1) is 12.3. The standard InChI is InChI=1S/C18H22N6O/c1-14-6-5-7-15(12-14)25-11-9-20-18(19-2)21-13-17-23-22-16-8-3-4-10-24(16)17/h3-8,10,12H,9,11,13H2,1-2H3,(H2,19,20,21). The Hall–Kier alpha value is -3.09. The number of benzene rings is 1. The van der Waals surface area contributed by atoms with Gasteiger partial charge in [0.1, 0.15) is 12.4 Å². The molecule has 7 heteroatoms. The number of aromatic nitrogens is 3. The fraction of sp³-hybridized carbons (Fsp3) is 0.278. The van der Waals surface area contributed by atoms with Crippen molar-refractivity contribution in [3.8, 4) is 5.75 Å². The number of aliphatic imine (C=N–C) groups is 1. The molecule has 7 nitrogen and oxygen atoms in total. The molecule has 0 bridgehead atoms. The largest absolute Gasteiger partial charge is 0.492 e. The summed E-state index contributed by atoms with van der Waals surface area (Å²) in [6, 6.07) is 13.8. The Morgan fingerprint density at radius 2 is 2.08 bits per heavy atom. The highest BCUT2D eigenvalue weighted by atomic mass is 16.5. The summed E-state index contributed by atoms with van der Waals surface area (Å²) in [5.74, 6) is 2.40. The van der Waals surface area contributed by atoms with Gasteiger partial charge in [0, 0.05) is 13.2 Å². The smallest absolute Gasteiger partial charge is 0.191 e. The van der Waals surface area contributed by atoms with E-state index in [1.165, 1.54) is 5.56 Å². The number of rotatable bonds is 6. The summed E-state index contributed by atoms with van der Waals surface area (Å²) >= 11 is 0. The molecule has 0 unspecified atom stereocenters. The summed E-state index contributed by atoms with van der Waals surface area (Å²) in [6.45, 7) is 3.78. The summed E-state index contributed by atoms with van der Waals surface area (Å²) in [5, 5.41) is 14.8. The Morgan fingerprint density at radius 3 is 2.92 bits per heavy atom. The third-order valence-electron chi connectivity index (χ3n) is 3.67. The summed E-state index contributed by atoms with van der Waals surface area (Å²) in [7, 11) is 1.73. The molecule has 0 aliphatic carbocycles. The van der Waals surface area contributed by atoms with E-state index in [4.69, 9.17) is 4.74 Å². The Morgan fingerprint density at radius 1 is 1.16 bits per heavy atom. The summed E-state index contributed by atoms with van der Waals surface area (Å²) in [4.78, 5) is 4.21. The van der Waals surface area contributed by atoms with Crippen LogP contribution in [0.4, 0.5) is 0 Å². The van der Waals surface area contributed by atoms with E-state index in [1.54, 1.807) is 7.05 Å². The minimum atomic E-state index is 0.531. The molecule has 0 atom stereocenters. The molecule has 3 rings (SSSR count). The molecule has 0 fully saturated rings. The minimum Gasteiger partial charge on any atom is -0.492 e. The van der Waals surface area contributed by atoms with Gasteiger partial charge in [-0.1, -0.05) is 18.2 Å². The fourth-order valence-electron chi connectivity index (χ4n) is 2.44. The predicted octanol–water partition coefficient (Wildman–Crippen LogP) is 1.78. The topological polar surface area (TPSA) is 75.8 Å². The lowest BCUT2D eigenvalue weighted by Crippen LogP contribution is -2.39. The average Bonchev–Trinajstić information content (AvgIpc) is 3.04. The van der Waals surface area contributed by atoms with Crippen molar-refractivity contribution in [1.82, 2.24) is 25.2 Å². The van der Waals surface area contributed by atoms with Crippen molar-refractivity contribution in [2.45, 2.75) is 13.5 Å².